The van der Waals surface area contributed by atoms with E-state index in [4.69, 9.17) is 5.26 Å². The highest BCUT2D eigenvalue weighted by Crippen LogP contribution is 2.20. The summed E-state index contributed by atoms with van der Waals surface area (Å²) in [4.78, 5) is 34.0. The van der Waals surface area contributed by atoms with Gasteiger partial charge in [-0.1, -0.05) is 12.1 Å². The van der Waals surface area contributed by atoms with Gasteiger partial charge < -0.3 is 5.32 Å². The fourth-order valence-electron chi connectivity index (χ4n) is 2.96. The first-order valence-electron chi connectivity index (χ1n) is 9.84. The van der Waals surface area contributed by atoms with Crippen molar-refractivity contribution >= 4 is 21.8 Å². The summed E-state index contributed by atoms with van der Waals surface area (Å²) in [5.74, 6) is -2.16. The monoisotopic (exact) mass is 482 g/mol. The molecule has 0 saturated carbocycles. The molecule has 3 aromatic rings. The molecule has 2 amide bonds. The van der Waals surface area contributed by atoms with Crippen molar-refractivity contribution in [1.29, 1.82) is 5.26 Å². The summed E-state index contributed by atoms with van der Waals surface area (Å²) in [7, 11) is -4.35. The maximum atomic E-state index is 13.8. The first kappa shape index (κ1) is 24.4. The molecule has 3 rings (SSSR count). The molecule has 12 heteroatoms. The molecule has 0 aliphatic heterocycles. The lowest BCUT2D eigenvalue weighted by Gasteiger charge is -2.10. The zero-order valence-corrected chi connectivity index (χ0v) is 18.7. The van der Waals surface area contributed by atoms with Gasteiger partial charge in [-0.05, 0) is 48.9 Å². The van der Waals surface area contributed by atoms with Gasteiger partial charge in [-0.25, -0.2) is 17.8 Å². The van der Waals surface area contributed by atoms with E-state index >= 15 is 0 Å². The number of hydrogen-bond donors (Lipinski definition) is 3. The summed E-state index contributed by atoms with van der Waals surface area (Å²) >= 11 is 0. The summed E-state index contributed by atoms with van der Waals surface area (Å²) in [5, 5.41) is 11.0. The number of benzene rings is 1. The van der Waals surface area contributed by atoms with Crippen LogP contribution in [0.25, 0.3) is 11.3 Å². The van der Waals surface area contributed by atoms with Gasteiger partial charge in [0, 0.05) is 17.5 Å². The quantitative estimate of drug-likeness (QED) is 0.324. The molecule has 0 fully saturated rings. The molecule has 0 spiro atoms. The topological polar surface area (TPSA) is 154 Å². The maximum Gasteiger partial charge on any atom is 0.284 e. The number of amides is 2. The summed E-state index contributed by atoms with van der Waals surface area (Å²) in [5.41, 5.74) is 3.97. The molecule has 1 aromatic carbocycles. The number of hydrazine groups is 1. The Hall–Kier alpha value is -4.21. The number of pyridine rings is 2. The van der Waals surface area contributed by atoms with E-state index in [2.05, 4.69) is 15.3 Å². The average Bonchev–Trinajstić information content (AvgIpc) is 2.81. The number of nitrogens with one attached hydrogen (secondary N) is 3. The third-order valence-corrected chi connectivity index (χ3v) is 5.74. The lowest BCUT2D eigenvalue weighted by molar-refractivity contribution is -0.120. The molecule has 34 heavy (non-hydrogen) atoms. The van der Waals surface area contributed by atoms with E-state index in [0.717, 1.165) is 12.1 Å². The summed E-state index contributed by atoms with van der Waals surface area (Å²) < 4.78 is 38.4. The van der Waals surface area contributed by atoms with Crippen LogP contribution in [0, 0.1) is 24.1 Å². The van der Waals surface area contributed by atoms with E-state index in [9.17, 15) is 22.4 Å². The molecular weight excluding hydrogens is 463 g/mol. The Balaban J connectivity index is 1.78. The van der Waals surface area contributed by atoms with Crippen molar-refractivity contribution < 1.29 is 22.4 Å². The van der Waals surface area contributed by atoms with Gasteiger partial charge in [-0.3, -0.25) is 20.0 Å². The van der Waals surface area contributed by atoms with Gasteiger partial charge in [0.2, 0.25) is 5.91 Å². The highest BCUT2D eigenvalue weighted by Gasteiger charge is 2.20. The molecule has 3 N–H and O–H groups in total. The van der Waals surface area contributed by atoms with Crippen molar-refractivity contribution in [2.24, 2.45) is 0 Å². The van der Waals surface area contributed by atoms with Crippen LogP contribution in [0.5, 0.6) is 0 Å². The molecule has 0 bridgehead atoms. The second-order valence-electron chi connectivity index (χ2n) is 7.03. The fourth-order valence-corrected chi connectivity index (χ4v) is 3.88. The van der Waals surface area contributed by atoms with Gasteiger partial charge in [0.15, 0.2) is 0 Å². The van der Waals surface area contributed by atoms with Gasteiger partial charge in [0.1, 0.15) is 23.0 Å². The summed E-state index contributed by atoms with van der Waals surface area (Å²) in [6.07, 6.45) is 1.53. The van der Waals surface area contributed by atoms with Gasteiger partial charge >= 0.3 is 0 Å². The minimum Gasteiger partial charge on any atom is -0.343 e. The van der Waals surface area contributed by atoms with Crippen LogP contribution < -0.4 is 15.6 Å². The van der Waals surface area contributed by atoms with Crippen LogP contribution in [-0.4, -0.2) is 36.7 Å². The van der Waals surface area contributed by atoms with Gasteiger partial charge in [0.05, 0.1) is 18.2 Å². The Morgan fingerprint density at radius 2 is 1.91 bits per heavy atom. The van der Waals surface area contributed by atoms with Gasteiger partial charge in [0.25, 0.3) is 15.9 Å². The highest BCUT2D eigenvalue weighted by atomic mass is 32.2. The molecular formula is C22H19FN6O4S. The number of aryl methyl sites for hydroxylation is 1. The van der Waals surface area contributed by atoms with E-state index in [0.29, 0.717) is 22.5 Å². The number of halogens is 1. The molecule has 0 saturated heterocycles. The minimum atomic E-state index is -4.35. The molecule has 0 aliphatic carbocycles. The number of rotatable bonds is 8. The number of carbonyl (C=O) groups excluding carboxylic acids is 2. The summed E-state index contributed by atoms with van der Waals surface area (Å²) in [6, 6.07) is 12.9. The van der Waals surface area contributed by atoms with E-state index < -0.39 is 26.6 Å². The van der Waals surface area contributed by atoms with Gasteiger partial charge in [-0.2, -0.15) is 5.26 Å². The Kier molecular flexibility index (Phi) is 7.62. The molecule has 0 unspecified atom stereocenters. The van der Waals surface area contributed by atoms with Crippen LogP contribution >= 0.6 is 0 Å². The van der Waals surface area contributed by atoms with Crippen molar-refractivity contribution in [2.75, 3.05) is 6.54 Å². The van der Waals surface area contributed by atoms with E-state index in [-0.39, 0.29) is 24.6 Å². The number of nitriles is 1. The van der Waals surface area contributed by atoms with Crippen molar-refractivity contribution in [1.82, 2.24) is 25.5 Å². The van der Waals surface area contributed by atoms with Crippen LogP contribution in [0.15, 0.2) is 59.6 Å². The summed E-state index contributed by atoms with van der Waals surface area (Å²) in [6.45, 7) is 1.54. The zero-order valence-electron chi connectivity index (χ0n) is 17.9. The first-order valence-corrected chi connectivity index (χ1v) is 11.3. The SMILES string of the molecule is Cc1cc(-c2cc(CC(=O)NCC#N)ccn2)cc(C(=O)NNS(=O)(=O)c2ccccc2F)n1. The largest absolute Gasteiger partial charge is 0.343 e. The molecule has 0 aliphatic rings. The fraction of sp³-hybridized carbons (Fsp3) is 0.136. The lowest BCUT2D eigenvalue weighted by Crippen LogP contribution is -2.42. The number of nitrogens with zero attached hydrogens (tertiary/aromatic N) is 3. The second kappa shape index (κ2) is 10.6. The van der Waals surface area contributed by atoms with E-state index in [1.165, 1.54) is 24.4 Å². The first-order chi connectivity index (χ1) is 16.2. The highest BCUT2D eigenvalue weighted by molar-refractivity contribution is 7.89. The van der Waals surface area contributed by atoms with Crippen molar-refractivity contribution in [2.45, 2.75) is 18.2 Å². The average molecular weight is 482 g/mol. The molecule has 0 atom stereocenters. The number of sulfonamides is 1. The van der Waals surface area contributed by atoms with Crippen molar-refractivity contribution in [3.05, 3.63) is 77.5 Å². The predicted octanol–water partition coefficient (Wildman–Crippen LogP) is 1.40. The van der Waals surface area contributed by atoms with Crippen molar-refractivity contribution in [3.63, 3.8) is 0 Å². The molecule has 174 valence electrons. The number of carbonyl (C=O) groups is 2. The van der Waals surface area contributed by atoms with Crippen LogP contribution in [0.1, 0.15) is 21.7 Å². The van der Waals surface area contributed by atoms with Crippen LogP contribution in [-0.2, 0) is 21.2 Å². The van der Waals surface area contributed by atoms with Crippen LogP contribution in [0.2, 0.25) is 0 Å². The number of aromatic nitrogens is 2. The normalized spacial score (nSPS) is 10.9. The Morgan fingerprint density at radius 3 is 2.65 bits per heavy atom. The van der Waals surface area contributed by atoms with Gasteiger partial charge in [-0.15, -0.1) is 4.83 Å². The van der Waals surface area contributed by atoms with E-state index in [1.807, 2.05) is 16.3 Å². The third-order valence-electron chi connectivity index (χ3n) is 4.46. The van der Waals surface area contributed by atoms with E-state index in [1.54, 1.807) is 25.1 Å². The van der Waals surface area contributed by atoms with Crippen molar-refractivity contribution in [3.8, 4) is 17.3 Å². The molecule has 2 heterocycles. The lowest BCUT2D eigenvalue weighted by atomic mass is 10.1. The number of hydrogen-bond acceptors (Lipinski definition) is 7. The van der Waals surface area contributed by atoms with Crippen LogP contribution in [0.3, 0.4) is 0 Å². The third kappa shape index (κ3) is 6.18. The second-order valence-corrected chi connectivity index (χ2v) is 8.68. The Labute approximate surface area is 194 Å². The zero-order chi connectivity index (χ0) is 24.7. The standard InChI is InChI=1S/C22H19FN6O4S/c1-14-10-16(18-11-15(6-8-25-18)12-21(30)26-9-7-24)13-19(27-14)22(31)28-29-34(32,33)20-5-3-2-4-17(20)23/h2-6,8,10-11,13,29H,9,12H2,1H3,(H,26,30)(H,28,31). The Bertz CT molecular complexity index is 1390. The molecule has 0 radical (unpaired) electrons. The molecule has 10 nitrogen and oxygen atoms in total. The smallest absolute Gasteiger partial charge is 0.284 e. The van der Waals surface area contributed by atoms with Crippen LogP contribution in [0.4, 0.5) is 4.39 Å². The predicted molar refractivity (Wildman–Crippen MR) is 119 cm³/mol. The Morgan fingerprint density at radius 1 is 1.15 bits per heavy atom. The molecule has 2 aromatic heterocycles. The maximum absolute atomic E-state index is 13.8. The minimum absolute atomic E-state index is 0.0342.